The standard InChI is InChI=1S/C10H14FNO/c1-7(2)12-10-4-3-8(6-13)5-9(10)11/h3-5,7,12-13H,6H2,1-2H3. The minimum absolute atomic E-state index is 0.126. The van der Waals surface area contributed by atoms with Crippen molar-refractivity contribution in [3.63, 3.8) is 0 Å². The SMILES string of the molecule is CC(C)Nc1ccc(CO)cc1F. The number of aliphatic hydroxyl groups is 1. The number of rotatable bonds is 3. The number of nitrogens with one attached hydrogen (secondary N) is 1. The molecule has 0 spiro atoms. The summed E-state index contributed by atoms with van der Waals surface area (Å²) in [6.45, 7) is 3.76. The van der Waals surface area contributed by atoms with E-state index < -0.39 is 0 Å². The van der Waals surface area contributed by atoms with E-state index in [-0.39, 0.29) is 18.5 Å². The predicted molar refractivity (Wildman–Crippen MR) is 51.1 cm³/mol. The quantitative estimate of drug-likeness (QED) is 0.752. The molecule has 0 amide bonds. The minimum Gasteiger partial charge on any atom is -0.392 e. The van der Waals surface area contributed by atoms with Crippen LogP contribution in [0.2, 0.25) is 0 Å². The van der Waals surface area contributed by atoms with E-state index in [0.29, 0.717) is 11.3 Å². The maximum atomic E-state index is 13.2. The third-order valence-electron chi connectivity index (χ3n) is 1.66. The van der Waals surface area contributed by atoms with Crippen LogP contribution >= 0.6 is 0 Å². The van der Waals surface area contributed by atoms with Crippen molar-refractivity contribution in [1.82, 2.24) is 0 Å². The van der Waals surface area contributed by atoms with E-state index in [4.69, 9.17) is 5.11 Å². The first-order chi connectivity index (χ1) is 6.13. The summed E-state index contributed by atoms with van der Waals surface area (Å²) in [7, 11) is 0. The number of hydrogen-bond acceptors (Lipinski definition) is 2. The summed E-state index contributed by atoms with van der Waals surface area (Å²) in [6.07, 6.45) is 0. The Morgan fingerprint density at radius 1 is 1.46 bits per heavy atom. The van der Waals surface area contributed by atoms with Gasteiger partial charge in [-0.2, -0.15) is 0 Å². The molecule has 0 heterocycles. The lowest BCUT2D eigenvalue weighted by Crippen LogP contribution is -2.11. The normalized spacial score (nSPS) is 10.5. The Morgan fingerprint density at radius 2 is 2.15 bits per heavy atom. The van der Waals surface area contributed by atoms with Gasteiger partial charge in [-0.3, -0.25) is 0 Å². The molecule has 0 aromatic heterocycles. The number of halogens is 1. The lowest BCUT2D eigenvalue weighted by molar-refractivity contribution is 0.281. The minimum atomic E-state index is -0.319. The predicted octanol–water partition coefficient (Wildman–Crippen LogP) is 2.14. The second-order valence-corrected chi connectivity index (χ2v) is 3.27. The van der Waals surface area contributed by atoms with Crippen molar-refractivity contribution in [2.75, 3.05) is 5.32 Å². The zero-order valence-electron chi connectivity index (χ0n) is 7.84. The van der Waals surface area contributed by atoms with Crippen LogP contribution in [0.4, 0.5) is 10.1 Å². The number of anilines is 1. The molecule has 3 heteroatoms. The van der Waals surface area contributed by atoms with Gasteiger partial charge in [0.25, 0.3) is 0 Å². The van der Waals surface area contributed by atoms with Gasteiger partial charge in [0, 0.05) is 6.04 Å². The van der Waals surface area contributed by atoms with Crippen LogP contribution in [-0.2, 0) is 6.61 Å². The van der Waals surface area contributed by atoms with E-state index in [0.717, 1.165) is 0 Å². The molecule has 0 aliphatic carbocycles. The van der Waals surface area contributed by atoms with Crippen molar-refractivity contribution in [1.29, 1.82) is 0 Å². The topological polar surface area (TPSA) is 32.3 Å². The fourth-order valence-electron chi connectivity index (χ4n) is 1.09. The highest BCUT2D eigenvalue weighted by Gasteiger charge is 2.03. The summed E-state index contributed by atoms with van der Waals surface area (Å²) in [4.78, 5) is 0. The van der Waals surface area contributed by atoms with Crippen LogP contribution in [0.15, 0.2) is 18.2 Å². The molecule has 0 saturated carbocycles. The van der Waals surface area contributed by atoms with Crippen molar-refractivity contribution in [3.8, 4) is 0 Å². The molecular formula is C10H14FNO. The molecule has 2 nitrogen and oxygen atoms in total. The van der Waals surface area contributed by atoms with Gasteiger partial charge < -0.3 is 10.4 Å². The summed E-state index contributed by atoms with van der Waals surface area (Å²) in [5.74, 6) is -0.319. The average Bonchev–Trinajstić information content (AvgIpc) is 2.08. The lowest BCUT2D eigenvalue weighted by Gasteiger charge is -2.11. The number of aliphatic hydroxyl groups excluding tert-OH is 1. The molecule has 0 saturated heterocycles. The van der Waals surface area contributed by atoms with Gasteiger partial charge >= 0.3 is 0 Å². The lowest BCUT2D eigenvalue weighted by atomic mass is 10.2. The van der Waals surface area contributed by atoms with Crippen molar-refractivity contribution in [2.45, 2.75) is 26.5 Å². The van der Waals surface area contributed by atoms with Gasteiger partial charge in [-0.1, -0.05) is 6.07 Å². The van der Waals surface area contributed by atoms with Gasteiger partial charge in [0.15, 0.2) is 0 Å². The van der Waals surface area contributed by atoms with Gasteiger partial charge in [-0.15, -0.1) is 0 Å². The van der Waals surface area contributed by atoms with Gasteiger partial charge in [-0.25, -0.2) is 4.39 Å². The molecular weight excluding hydrogens is 169 g/mol. The summed E-state index contributed by atoms with van der Waals surface area (Å²) < 4.78 is 13.2. The monoisotopic (exact) mass is 183 g/mol. The molecule has 0 fully saturated rings. The molecule has 1 rings (SSSR count). The van der Waals surface area contributed by atoms with E-state index in [1.807, 2.05) is 13.8 Å². The van der Waals surface area contributed by atoms with Gasteiger partial charge in [0.1, 0.15) is 5.82 Å². The van der Waals surface area contributed by atoms with Crippen LogP contribution in [0, 0.1) is 5.82 Å². The molecule has 1 aromatic rings. The Labute approximate surface area is 77.4 Å². The highest BCUT2D eigenvalue weighted by Crippen LogP contribution is 2.16. The largest absolute Gasteiger partial charge is 0.392 e. The fourth-order valence-corrected chi connectivity index (χ4v) is 1.09. The molecule has 0 atom stereocenters. The highest BCUT2D eigenvalue weighted by atomic mass is 19.1. The second-order valence-electron chi connectivity index (χ2n) is 3.27. The first-order valence-electron chi connectivity index (χ1n) is 4.29. The van der Waals surface area contributed by atoms with Crippen molar-refractivity contribution >= 4 is 5.69 Å². The molecule has 2 N–H and O–H groups in total. The van der Waals surface area contributed by atoms with Crippen molar-refractivity contribution in [2.24, 2.45) is 0 Å². The third-order valence-corrected chi connectivity index (χ3v) is 1.66. The molecule has 0 aliphatic rings. The first kappa shape index (κ1) is 9.99. The van der Waals surface area contributed by atoms with Gasteiger partial charge in [0.2, 0.25) is 0 Å². The maximum Gasteiger partial charge on any atom is 0.146 e. The molecule has 0 aliphatic heterocycles. The third kappa shape index (κ3) is 2.70. The van der Waals surface area contributed by atoms with E-state index in [9.17, 15) is 4.39 Å². The average molecular weight is 183 g/mol. The van der Waals surface area contributed by atoms with Gasteiger partial charge in [-0.05, 0) is 31.5 Å². The van der Waals surface area contributed by atoms with Crippen LogP contribution in [0.25, 0.3) is 0 Å². The zero-order valence-corrected chi connectivity index (χ0v) is 7.84. The van der Waals surface area contributed by atoms with Crippen LogP contribution in [0.3, 0.4) is 0 Å². The second kappa shape index (κ2) is 4.23. The molecule has 0 radical (unpaired) electrons. The smallest absolute Gasteiger partial charge is 0.146 e. The Bertz CT molecular complexity index is 286. The van der Waals surface area contributed by atoms with Gasteiger partial charge in [0.05, 0.1) is 12.3 Å². The highest BCUT2D eigenvalue weighted by molar-refractivity contribution is 5.46. The molecule has 72 valence electrons. The van der Waals surface area contributed by atoms with Crippen LogP contribution in [-0.4, -0.2) is 11.1 Å². The zero-order chi connectivity index (χ0) is 9.84. The Kier molecular flexibility index (Phi) is 3.25. The van der Waals surface area contributed by atoms with E-state index in [1.54, 1.807) is 12.1 Å². The summed E-state index contributed by atoms with van der Waals surface area (Å²) in [6, 6.07) is 4.88. The molecule has 13 heavy (non-hydrogen) atoms. The van der Waals surface area contributed by atoms with E-state index >= 15 is 0 Å². The molecule has 0 unspecified atom stereocenters. The Morgan fingerprint density at radius 3 is 2.62 bits per heavy atom. The number of benzene rings is 1. The first-order valence-corrected chi connectivity index (χ1v) is 4.29. The Hall–Kier alpha value is -1.09. The fraction of sp³-hybridized carbons (Fsp3) is 0.400. The number of hydrogen-bond donors (Lipinski definition) is 2. The van der Waals surface area contributed by atoms with Crippen LogP contribution < -0.4 is 5.32 Å². The van der Waals surface area contributed by atoms with Crippen molar-refractivity contribution < 1.29 is 9.50 Å². The summed E-state index contributed by atoms with van der Waals surface area (Å²) >= 11 is 0. The maximum absolute atomic E-state index is 13.2. The van der Waals surface area contributed by atoms with Crippen molar-refractivity contribution in [3.05, 3.63) is 29.6 Å². The van der Waals surface area contributed by atoms with E-state index in [1.165, 1.54) is 6.07 Å². The Balaban J connectivity index is 2.85. The molecule has 1 aromatic carbocycles. The summed E-state index contributed by atoms with van der Waals surface area (Å²) in [5.41, 5.74) is 1.07. The van der Waals surface area contributed by atoms with Crippen LogP contribution in [0.5, 0.6) is 0 Å². The summed E-state index contributed by atoms with van der Waals surface area (Å²) in [5, 5.41) is 11.7. The van der Waals surface area contributed by atoms with Crippen LogP contribution in [0.1, 0.15) is 19.4 Å². The molecule has 0 bridgehead atoms. The van der Waals surface area contributed by atoms with E-state index in [2.05, 4.69) is 5.32 Å².